The van der Waals surface area contributed by atoms with Crippen molar-refractivity contribution >= 4 is 11.8 Å². The summed E-state index contributed by atoms with van der Waals surface area (Å²) in [6.45, 7) is 3.31. The van der Waals surface area contributed by atoms with Crippen LogP contribution in [0.25, 0.3) is 0 Å². The number of hydrogen-bond donors (Lipinski definition) is 1. The molecular weight excluding hydrogens is 276 g/mol. The van der Waals surface area contributed by atoms with E-state index in [-0.39, 0.29) is 17.7 Å². The van der Waals surface area contributed by atoms with Gasteiger partial charge in [-0.25, -0.2) is 0 Å². The maximum absolute atomic E-state index is 13.0. The number of likely N-dealkylation sites (tertiary alicyclic amines) is 1. The Kier molecular flexibility index (Phi) is 4.74. The van der Waals surface area contributed by atoms with E-state index in [2.05, 4.69) is 11.8 Å². The number of carbonyl (C=O) groups is 2. The molecule has 0 aromatic carbocycles. The van der Waals surface area contributed by atoms with Crippen molar-refractivity contribution in [2.75, 3.05) is 6.54 Å². The number of nitrogens with two attached hydrogens (primary N) is 1. The normalized spacial score (nSPS) is 39.1. The Hall–Kier alpha value is -1.06. The fraction of sp³-hybridized carbons (Fsp3) is 0.889. The van der Waals surface area contributed by atoms with Gasteiger partial charge >= 0.3 is 0 Å². The number of fused-ring (bicyclic) bond motifs is 1. The minimum atomic E-state index is -0.190. The third kappa shape index (κ3) is 3.02. The number of amides is 2. The SMILES string of the molecule is C[C@@H]1CCN(C(=O)C2CCC(C(N)=O)CC2)[C@@H]2CCCC[C@@H]12. The molecule has 0 bridgehead atoms. The van der Waals surface area contributed by atoms with Crippen molar-refractivity contribution in [3.63, 3.8) is 0 Å². The lowest BCUT2D eigenvalue weighted by Gasteiger charge is -2.48. The molecule has 22 heavy (non-hydrogen) atoms. The van der Waals surface area contributed by atoms with Crippen molar-refractivity contribution in [3.8, 4) is 0 Å². The van der Waals surface area contributed by atoms with E-state index in [1.54, 1.807) is 0 Å². The van der Waals surface area contributed by atoms with Gasteiger partial charge in [0, 0.05) is 24.4 Å². The topological polar surface area (TPSA) is 63.4 Å². The molecule has 3 fully saturated rings. The summed E-state index contributed by atoms with van der Waals surface area (Å²) in [6.07, 6.45) is 9.52. The number of rotatable bonds is 2. The van der Waals surface area contributed by atoms with Gasteiger partial charge in [-0.3, -0.25) is 9.59 Å². The van der Waals surface area contributed by atoms with Crippen LogP contribution in [0.2, 0.25) is 0 Å². The predicted octanol–water partition coefficient (Wildman–Crippen LogP) is 2.71. The molecule has 3 atom stereocenters. The monoisotopic (exact) mass is 306 g/mol. The summed E-state index contributed by atoms with van der Waals surface area (Å²) in [5.41, 5.74) is 5.40. The molecule has 1 aliphatic heterocycles. The minimum Gasteiger partial charge on any atom is -0.369 e. The first-order valence-corrected chi connectivity index (χ1v) is 9.17. The Labute approximate surface area is 133 Å². The van der Waals surface area contributed by atoms with E-state index in [0.717, 1.165) is 44.6 Å². The Morgan fingerprint density at radius 2 is 1.55 bits per heavy atom. The van der Waals surface area contributed by atoms with Gasteiger partial charge in [0.1, 0.15) is 0 Å². The number of carbonyl (C=O) groups excluding carboxylic acids is 2. The molecule has 0 aromatic heterocycles. The summed E-state index contributed by atoms with van der Waals surface area (Å²) in [4.78, 5) is 26.5. The van der Waals surface area contributed by atoms with Crippen molar-refractivity contribution < 1.29 is 9.59 Å². The maximum atomic E-state index is 13.0. The first-order valence-electron chi connectivity index (χ1n) is 9.17. The molecular formula is C18H30N2O2. The van der Waals surface area contributed by atoms with Crippen LogP contribution in [0.4, 0.5) is 0 Å². The van der Waals surface area contributed by atoms with E-state index >= 15 is 0 Å². The van der Waals surface area contributed by atoms with Crippen LogP contribution in [-0.4, -0.2) is 29.3 Å². The highest BCUT2D eigenvalue weighted by Gasteiger charge is 2.41. The molecule has 2 aliphatic carbocycles. The lowest BCUT2D eigenvalue weighted by Crippen LogP contribution is -2.54. The molecule has 2 amide bonds. The van der Waals surface area contributed by atoms with Crippen molar-refractivity contribution in [2.45, 2.75) is 70.8 Å². The van der Waals surface area contributed by atoms with Crippen molar-refractivity contribution in [3.05, 3.63) is 0 Å². The van der Waals surface area contributed by atoms with Crippen LogP contribution in [0.3, 0.4) is 0 Å². The van der Waals surface area contributed by atoms with Gasteiger partial charge in [0.25, 0.3) is 0 Å². The van der Waals surface area contributed by atoms with Crippen LogP contribution in [0.1, 0.15) is 64.7 Å². The predicted molar refractivity (Wildman–Crippen MR) is 85.9 cm³/mol. The van der Waals surface area contributed by atoms with Crippen molar-refractivity contribution in [2.24, 2.45) is 29.4 Å². The van der Waals surface area contributed by atoms with Crippen LogP contribution in [0.15, 0.2) is 0 Å². The highest BCUT2D eigenvalue weighted by atomic mass is 16.2. The van der Waals surface area contributed by atoms with E-state index in [1.165, 1.54) is 25.7 Å². The molecule has 3 rings (SSSR count). The standard InChI is InChI=1S/C18H30N2O2/c1-12-10-11-20(16-5-3-2-4-15(12)16)18(22)14-8-6-13(7-9-14)17(19)21/h12-16H,2-11H2,1H3,(H2,19,21)/t12-,13?,14?,15+,16-/m1/s1. The molecule has 4 nitrogen and oxygen atoms in total. The lowest BCUT2D eigenvalue weighted by molar-refractivity contribution is -0.145. The highest BCUT2D eigenvalue weighted by molar-refractivity contribution is 5.81. The van der Waals surface area contributed by atoms with Crippen molar-refractivity contribution in [1.29, 1.82) is 0 Å². The quantitative estimate of drug-likeness (QED) is 0.852. The average molecular weight is 306 g/mol. The van der Waals surface area contributed by atoms with Gasteiger partial charge in [-0.15, -0.1) is 0 Å². The zero-order chi connectivity index (χ0) is 15.7. The smallest absolute Gasteiger partial charge is 0.225 e. The fourth-order valence-corrected chi connectivity index (χ4v) is 5.05. The molecule has 0 radical (unpaired) electrons. The minimum absolute atomic E-state index is 0.00661. The van der Waals surface area contributed by atoms with Gasteiger partial charge < -0.3 is 10.6 Å². The average Bonchev–Trinajstić information content (AvgIpc) is 2.55. The second-order valence-electron chi connectivity index (χ2n) is 7.76. The summed E-state index contributed by atoms with van der Waals surface area (Å²) in [5, 5.41) is 0. The van der Waals surface area contributed by atoms with E-state index in [9.17, 15) is 9.59 Å². The van der Waals surface area contributed by atoms with Gasteiger partial charge in [0.2, 0.25) is 11.8 Å². The van der Waals surface area contributed by atoms with Gasteiger partial charge in [-0.1, -0.05) is 19.8 Å². The molecule has 0 spiro atoms. The first kappa shape index (κ1) is 15.8. The van der Waals surface area contributed by atoms with E-state index in [4.69, 9.17) is 5.73 Å². The lowest BCUT2D eigenvalue weighted by atomic mass is 9.72. The molecule has 0 aromatic rings. The van der Waals surface area contributed by atoms with Gasteiger partial charge in [-0.2, -0.15) is 0 Å². The number of piperidine rings is 1. The molecule has 3 aliphatic rings. The fourth-order valence-electron chi connectivity index (χ4n) is 5.05. The Balaban J connectivity index is 1.63. The summed E-state index contributed by atoms with van der Waals surface area (Å²) in [5.74, 6) is 1.78. The second kappa shape index (κ2) is 6.59. The second-order valence-corrected chi connectivity index (χ2v) is 7.76. The number of nitrogens with zero attached hydrogens (tertiary/aromatic N) is 1. The Morgan fingerprint density at radius 1 is 0.909 bits per heavy atom. The third-order valence-corrected chi connectivity index (χ3v) is 6.50. The maximum Gasteiger partial charge on any atom is 0.225 e. The molecule has 4 heteroatoms. The number of primary amides is 1. The van der Waals surface area contributed by atoms with E-state index in [0.29, 0.717) is 17.9 Å². The zero-order valence-corrected chi connectivity index (χ0v) is 13.8. The molecule has 1 saturated heterocycles. The van der Waals surface area contributed by atoms with Crippen molar-refractivity contribution in [1.82, 2.24) is 4.90 Å². The molecule has 2 saturated carbocycles. The Bertz CT molecular complexity index is 429. The summed E-state index contributed by atoms with van der Waals surface area (Å²) >= 11 is 0. The summed E-state index contributed by atoms with van der Waals surface area (Å²) in [6, 6.07) is 0.485. The molecule has 124 valence electrons. The zero-order valence-electron chi connectivity index (χ0n) is 13.8. The Morgan fingerprint density at radius 3 is 2.23 bits per heavy atom. The molecule has 0 unspecified atom stereocenters. The van der Waals surface area contributed by atoms with Gasteiger partial charge in [-0.05, 0) is 56.8 Å². The van der Waals surface area contributed by atoms with E-state index < -0.39 is 0 Å². The van der Waals surface area contributed by atoms with Crippen LogP contribution in [0.5, 0.6) is 0 Å². The van der Waals surface area contributed by atoms with Gasteiger partial charge in [0.05, 0.1) is 0 Å². The molecule has 1 heterocycles. The van der Waals surface area contributed by atoms with Crippen LogP contribution in [-0.2, 0) is 9.59 Å². The van der Waals surface area contributed by atoms with Crippen LogP contribution >= 0.6 is 0 Å². The third-order valence-electron chi connectivity index (χ3n) is 6.50. The van der Waals surface area contributed by atoms with Crippen LogP contribution < -0.4 is 5.73 Å². The summed E-state index contributed by atoms with van der Waals surface area (Å²) in [7, 11) is 0. The van der Waals surface area contributed by atoms with E-state index in [1.807, 2.05) is 0 Å². The number of hydrogen-bond acceptors (Lipinski definition) is 2. The summed E-state index contributed by atoms with van der Waals surface area (Å²) < 4.78 is 0. The largest absolute Gasteiger partial charge is 0.369 e. The van der Waals surface area contributed by atoms with Gasteiger partial charge in [0.15, 0.2) is 0 Å². The van der Waals surface area contributed by atoms with Crippen LogP contribution in [0, 0.1) is 23.7 Å². The first-order chi connectivity index (χ1) is 10.6. The highest BCUT2D eigenvalue weighted by Crippen LogP contribution is 2.40. The molecule has 2 N–H and O–H groups in total.